The van der Waals surface area contributed by atoms with E-state index in [0.29, 0.717) is 0 Å². The molecule has 0 spiro atoms. The molecule has 1 aliphatic carbocycles. The molecule has 0 aromatic heterocycles. The fourth-order valence-electron chi connectivity index (χ4n) is 2.82. The zero-order valence-electron chi connectivity index (χ0n) is 12.1. The predicted octanol–water partition coefficient (Wildman–Crippen LogP) is 3.84. The molecule has 1 amide bonds. The predicted molar refractivity (Wildman–Crippen MR) is 75.6 cm³/mol. The van der Waals surface area contributed by atoms with Gasteiger partial charge >= 0.3 is 6.09 Å². The standard InChI is InChI=1S/C16H22NO2.Y/c1-2-17-15(18)19-16(11-7-4-8-12-16)13-14-9-5-3-6-10-14;/h2-3,5-6,9-10H,4,7-8,11-13H2,1H3,(H,17,18);/q-1;. The molecule has 0 heterocycles. The third-order valence-electron chi connectivity index (χ3n) is 3.71. The maximum atomic E-state index is 11.7. The van der Waals surface area contributed by atoms with Crippen LogP contribution >= 0.6 is 0 Å². The Morgan fingerprint density at radius 3 is 2.50 bits per heavy atom. The van der Waals surface area contributed by atoms with E-state index in [1.165, 1.54) is 12.0 Å². The van der Waals surface area contributed by atoms with Crippen LogP contribution in [0.1, 0.15) is 44.6 Å². The minimum atomic E-state index is -0.333. The third kappa shape index (κ3) is 5.18. The number of hydrogen-bond donors (Lipinski definition) is 1. The summed E-state index contributed by atoms with van der Waals surface area (Å²) in [5.74, 6) is 0. The van der Waals surface area contributed by atoms with Crippen LogP contribution in [0.2, 0.25) is 0 Å². The van der Waals surface area contributed by atoms with E-state index in [-0.39, 0.29) is 44.4 Å². The topological polar surface area (TPSA) is 38.3 Å². The van der Waals surface area contributed by atoms with Gasteiger partial charge in [0.1, 0.15) is 5.60 Å². The number of nitrogens with one attached hydrogen (secondary N) is 1. The van der Waals surface area contributed by atoms with E-state index >= 15 is 0 Å². The van der Waals surface area contributed by atoms with Crippen LogP contribution in [0.5, 0.6) is 0 Å². The summed E-state index contributed by atoms with van der Waals surface area (Å²) in [6.07, 6.45) is 5.90. The number of carbonyl (C=O) groups excluding carboxylic acids is 1. The van der Waals surface area contributed by atoms with Crippen molar-refractivity contribution in [1.82, 2.24) is 5.32 Å². The van der Waals surface area contributed by atoms with Crippen molar-refractivity contribution in [2.75, 3.05) is 0 Å². The molecule has 1 fully saturated rings. The second-order valence-electron chi connectivity index (χ2n) is 5.23. The number of carbonyl (C=O) groups is 1. The summed E-state index contributed by atoms with van der Waals surface area (Å²) in [7, 11) is 0. The molecule has 107 valence electrons. The second-order valence-corrected chi connectivity index (χ2v) is 5.23. The minimum absolute atomic E-state index is 0. The molecule has 1 aliphatic rings. The van der Waals surface area contributed by atoms with E-state index in [1.807, 2.05) is 18.2 Å². The quantitative estimate of drug-likeness (QED) is 0.839. The van der Waals surface area contributed by atoms with Crippen molar-refractivity contribution < 1.29 is 42.2 Å². The van der Waals surface area contributed by atoms with Gasteiger partial charge in [-0.2, -0.15) is 6.92 Å². The van der Waals surface area contributed by atoms with Crippen LogP contribution in [-0.4, -0.2) is 11.7 Å². The molecule has 1 N–H and O–H groups in total. The molecule has 1 saturated carbocycles. The van der Waals surface area contributed by atoms with Gasteiger partial charge in [0.15, 0.2) is 0 Å². The molecule has 0 aliphatic heterocycles. The van der Waals surface area contributed by atoms with E-state index in [1.54, 1.807) is 13.5 Å². The third-order valence-corrected chi connectivity index (χ3v) is 3.71. The molecule has 0 atom stereocenters. The Balaban J connectivity index is 0.00000200. The van der Waals surface area contributed by atoms with E-state index < -0.39 is 0 Å². The minimum Gasteiger partial charge on any atom is -0.471 e. The van der Waals surface area contributed by atoms with Crippen molar-refractivity contribution in [1.29, 1.82) is 0 Å². The molecule has 0 bridgehead atoms. The normalized spacial score (nSPS) is 16.9. The number of hydrogen-bond acceptors (Lipinski definition) is 2. The summed E-state index contributed by atoms with van der Waals surface area (Å²) in [5, 5.41) is 2.62. The van der Waals surface area contributed by atoms with E-state index in [4.69, 9.17) is 4.74 Å². The summed E-state index contributed by atoms with van der Waals surface area (Å²) in [6.45, 7) is 3.40. The number of amides is 1. The van der Waals surface area contributed by atoms with Gasteiger partial charge in [0.05, 0.1) is 0 Å². The fraction of sp³-hybridized carbons (Fsp3) is 0.500. The average molecular weight is 349 g/mol. The van der Waals surface area contributed by atoms with Gasteiger partial charge in [-0.25, -0.2) is 11.3 Å². The molecule has 1 radical (unpaired) electrons. The van der Waals surface area contributed by atoms with E-state index in [0.717, 1.165) is 32.1 Å². The van der Waals surface area contributed by atoms with Gasteiger partial charge < -0.3 is 10.1 Å². The molecule has 0 unspecified atom stereocenters. The van der Waals surface area contributed by atoms with Gasteiger partial charge in [-0.3, -0.25) is 0 Å². The number of rotatable bonds is 4. The molecule has 1 aromatic rings. The molecule has 4 heteroatoms. The van der Waals surface area contributed by atoms with Gasteiger partial charge in [-0.1, -0.05) is 36.8 Å². The van der Waals surface area contributed by atoms with Crippen molar-refractivity contribution in [3.8, 4) is 0 Å². The van der Waals surface area contributed by atoms with E-state index in [2.05, 4.69) is 17.4 Å². The maximum absolute atomic E-state index is 11.7. The van der Waals surface area contributed by atoms with Crippen molar-refractivity contribution in [3.63, 3.8) is 0 Å². The number of benzene rings is 1. The summed E-state index contributed by atoms with van der Waals surface area (Å²) >= 11 is 0. The van der Waals surface area contributed by atoms with Crippen LogP contribution < -0.4 is 5.32 Å². The zero-order valence-corrected chi connectivity index (χ0v) is 14.9. The van der Waals surface area contributed by atoms with Gasteiger partial charge in [-0.05, 0) is 31.2 Å². The largest absolute Gasteiger partial charge is 0.471 e. The maximum Gasteiger partial charge on any atom is 0.378 e. The molecular weight excluding hydrogens is 327 g/mol. The van der Waals surface area contributed by atoms with Crippen molar-refractivity contribution >= 4 is 6.09 Å². The molecule has 1 aromatic carbocycles. The smallest absolute Gasteiger partial charge is 0.378 e. The van der Waals surface area contributed by atoms with Gasteiger partial charge in [0.25, 0.3) is 0 Å². The Labute approximate surface area is 146 Å². The van der Waals surface area contributed by atoms with Crippen LogP contribution in [0.3, 0.4) is 0 Å². The first-order valence-corrected chi connectivity index (χ1v) is 7.05. The van der Waals surface area contributed by atoms with Gasteiger partial charge in [-0.15, -0.1) is 0 Å². The zero-order chi connectivity index (χ0) is 13.6. The van der Waals surface area contributed by atoms with E-state index in [9.17, 15) is 4.79 Å². The van der Waals surface area contributed by atoms with Crippen molar-refractivity contribution in [2.24, 2.45) is 0 Å². The second kappa shape index (κ2) is 8.79. The summed E-state index contributed by atoms with van der Waals surface area (Å²) < 4.78 is 5.74. The van der Waals surface area contributed by atoms with Gasteiger partial charge in [0, 0.05) is 39.1 Å². The molecule has 0 saturated heterocycles. The first-order valence-electron chi connectivity index (χ1n) is 7.05. The Morgan fingerprint density at radius 2 is 1.90 bits per heavy atom. The van der Waals surface area contributed by atoms with Crippen LogP contribution in [0.4, 0.5) is 4.79 Å². The molecule has 3 nitrogen and oxygen atoms in total. The Hall–Kier alpha value is -0.406. The van der Waals surface area contributed by atoms with Crippen LogP contribution in [-0.2, 0) is 43.9 Å². The Bertz CT molecular complexity index is 402. The fourth-order valence-corrected chi connectivity index (χ4v) is 2.82. The molecular formula is C16H22NO2Y-. The summed E-state index contributed by atoms with van der Waals surface area (Å²) in [4.78, 5) is 11.7. The molecule has 20 heavy (non-hydrogen) atoms. The van der Waals surface area contributed by atoms with Crippen LogP contribution in [0.25, 0.3) is 0 Å². The summed E-state index contributed by atoms with van der Waals surface area (Å²) in [5.41, 5.74) is 0.907. The number of ether oxygens (including phenoxy) is 1. The monoisotopic (exact) mass is 349 g/mol. The number of alkyl carbamates (subject to hydrolysis) is 1. The first kappa shape index (κ1) is 17.6. The Kier molecular flexibility index (Phi) is 7.75. The Morgan fingerprint density at radius 1 is 1.25 bits per heavy atom. The first-order chi connectivity index (χ1) is 9.24. The van der Waals surface area contributed by atoms with Crippen LogP contribution in [0.15, 0.2) is 30.3 Å². The summed E-state index contributed by atoms with van der Waals surface area (Å²) in [6, 6.07) is 10.3. The van der Waals surface area contributed by atoms with Crippen LogP contribution in [0, 0.1) is 6.54 Å². The van der Waals surface area contributed by atoms with Crippen molar-refractivity contribution in [3.05, 3.63) is 42.4 Å². The average Bonchev–Trinajstić information content (AvgIpc) is 2.40. The molecule has 2 rings (SSSR count). The SMILES string of the molecule is C[CH-]NC(=O)OC1(Cc2ccccc2)CCCCC1.[Y]. The van der Waals surface area contributed by atoms with Gasteiger partial charge in [0.2, 0.25) is 0 Å². The van der Waals surface area contributed by atoms with Crippen molar-refractivity contribution in [2.45, 2.75) is 51.0 Å².